The molecule has 2 atom stereocenters. The van der Waals surface area contributed by atoms with Crippen molar-refractivity contribution in [1.29, 1.82) is 0 Å². The molecule has 2 aromatic rings. The molecule has 1 heterocycles. The van der Waals surface area contributed by atoms with Crippen LogP contribution in [0.15, 0.2) is 17.5 Å². The fourth-order valence-electron chi connectivity index (χ4n) is 3.94. The number of Topliss-reactive ketones (excluding diaryl/α,β-unsaturated/α-hetero) is 2. The van der Waals surface area contributed by atoms with Gasteiger partial charge in [0.15, 0.2) is 5.78 Å². The molecule has 3 nitrogen and oxygen atoms in total. The van der Waals surface area contributed by atoms with Gasteiger partial charge in [-0.3, -0.25) is 9.59 Å². The number of hydrogen-bond acceptors (Lipinski definition) is 4. The Kier molecular flexibility index (Phi) is 4.91. The lowest BCUT2D eigenvalue weighted by molar-refractivity contribution is -0.124. The van der Waals surface area contributed by atoms with Gasteiger partial charge in [0.2, 0.25) is 0 Å². The molecule has 0 spiro atoms. The van der Waals surface area contributed by atoms with Gasteiger partial charge in [0.1, 0.15) is 11.7 Å². The van der Waals surface area contributed by atoms with E-state index in [0.717, 1.165) is 33.0 Å². The minimum atomic E-state index is -0.595. The number of carbonyl (C=O) groups excluding carboxylic acids is 2. The summed E-state index contributed by atoms with van der Waals surface area (Å²) in [5.74, 6) is -0.713. The van der Waals surface area contributed by atoms with Crippen molar-refractivity contribution >= 4 is 22.9 Å². The maximum absolute atomic E-state index is 13.1. The first-order valence-corrected chi connectivity index (χ1v) is 10.0. The zero-order valence-electron chi connectivity index (χ0n) is 16.5. The zero-order valence-corrected chi connectivity index (χ0v) is 17.3. The summed E-state index contributed by atoms with van der Waals surface area (Å²) in [4.78, 5) is 30.5. The number of benzene rings is 1. The van der Waals surface area contributed by atoms with E-state index >= 15 is 0 Å². The third-order valence-electron chi connectivity index (χ3n) is 5.22. The number of aryl methyl sites for hydroxylation is 3. The van der Waals surface area contributed by atoms with Crippen molar-refractivity contribution < 1.29 is 9.59 Å². The lowest BCUT2D eigenvalue weighted by Crippen LogP contribution is -2.19. The summed E-state index contributed by atoms with van der Waals surface area (Å²) in [6.45, 7) is 12.4. The van der Waals surface area contributed by atoms with Gasteiger partial charge in [-0.25, -0.2) is 4.98 Å². The largest absolute Gasteiger partial charge is 0.298 e. The first kappa shape index (κ1) is 19.0. The molecule has 2 unspecified atom stereocenters. The normalized spacial score (nSPS) is 20.8. The van der Waals surface area contributed by atoms with Gasteiger partial charge in [-0.15, -0.1) is 11.3 Å². The highest BCUT2D eigenvalue weighted by molar-refractivity contribution is 7.09. The maximum atomic E-state index is 13.1. The molecule has 1 fully saturated rings. The van der Waals surface area contributed by atoms with E-state index in [9.17, 15) is 9.59 Å². The van der Waals surface area contributed by atoms with Crippen LogP contribution in [-0.2, 0) is 21.4 Å². The number of thiazole rings is 1. The minimum absolute atomic E-state index is 0.00289. The highest BCUT2D eigenvalue weighted by Gasteiger charge is 2.43. The summed E-state index contributed by atoms with van der Waals surface area (Å²) in [6, 6.07) is 4.12. The van der Waals surface area contributed by atoms with Crippen LogP contribution in [0.3, 0.4) is 0 Å². The number of aromatic nitrogens is 1. The number of carbonyl (C=O) groups is 2. The number of hydrogen-bond donors (Lipinski definition) is 0. The monoisotopic (exact) mass is 369 g/mol. The van der Waals surface area contributed by atoms with Crippen molar-refractivity contribution in [2.24, 2.45) is 5.92 Å². The van der Waals surface area contributed by atoms with E-state index in [2.05, 4.69) is 38.3 Å². The van der Waals surface area contributed by atoms with Crippen LogP contribution in [0.25, 0.3) is 0 Å². The topological polar surface area (TPSA) is 47.0 Å². The van der Waals surface area contributed by atoms with Crippen molar-refractivity contribution in [3.63, 3.8) is 0 Å². The van der Waals surface area contributed by atoms with E-state index in [1.807, 2.05) is 20.8 Å². The standard InChI is InChI=1S/C22H27NO2S/c1-12-7-13(2)19(14(3)8-12)20-16(24)9-15(21(20)25)10-18-23-17(11-26-18)22(4,5)6/h7-8,11,15,20H,9-10H2,1-6H3. The van der Waals surface area contributed by atoms with Crippen molar-refractivity contribution in [2.75, 3.05) is 0 Å². The Morgan fingerprint density at radius 3 is 2.27 bits per heavy atom. The Bertz CT molecular complexity index is 850. The fraction of sp³-hybridized carbons (Fsp3) is 0.500. The molecule has 0 saturated heterocycles. The number of nitrogens with zero attached hydrogens (tertiary/aromatic N) is 1. The highest BCUT2D eigenvalue weighted by atomic mass is 32.1. The van der Waals surface area contributed by atoms with Crippen LogP contribution in [0.1, 0.15) is 66.1 Å². The van der Waals surface area contributed by atoms with Crippen LogP contribution in [0.4, 0.5) is 0 Å². The Balaban J connectivity index is 1.85. The van der Waals surface area contributed by atoms with Crippen LogP contribution in [-0.4, -0.2) is 16.6 Å². The quantitative estimate of drug-likeness (QED) is 0.727. The lowest BCUT2D eigenvalue weighted by Gasteiger charge is -2.16. The van der Waals surface area contributed by atoms with Crippen molar-refractivity contribution in [3.05, 3.63) is 50.5 Å². The van der Waals surface area contributed by atoms with E-state index in [1.54, 1.807) is 11.3 Å². The average molecular weight is 370 g/mol. The molecule has 1 aromatic heterocycles. The third-order valence-corrected chi connectivity index (χ3v) is 6.10. The average Bonchev–Trinajstić information content (AvgIpc) is 3.07. The van der Waals surface area contributed by atoms with E-state index in [4.69, 9.17) is 4.98 Å². The lowest BCUT2D eigenvalue weighted by atomic mass is 9.86. The number of rotatable bonds is 3. The molecule has 1 aromatic carbocycles. The summed E-state index contributed by atoms with van der Waals surface area (Å²) in [5, 5.41) is 3.03. The van der Waals surface area contributed by atoms with E-state index in [-0.39, 0.29) is 22.9 Å². The van der Waals surface area contributed by atoms with Gasteiger partial charge in [0.05, 0.1) is 10.7 Å². The molecule has 1 aliphatic carbocycles. The van der Waals surface area contributed by atoms with Crippen LogP contribution in [0.5, 0.6) is 0 Å². The molecule has 0 radical (unpaired) electrons. The second-order valence-electron chi connectivity index (χ2n) is 8.60. The van der Waals surface area contributed by atoms with Crippen LogP contribution < -0.4 is 0 Å². The van der Waals surface area contributed by atoms with E-state index in [0.29, 0.717) is 12.8 Å². The first-order valence-electron chi connectivity index (χ1n) is 9.17. The summed E-state index contributed by atoms with van der Waals surface area (Å²) < 4.78 is 0. The predicted octanol–water partition coefficient (Wildman–Crippen LogP) is 4.85. The molecule has 3 rings (SSSR count). The fourth-order valence-corrected chi connectivity index (χ4v) is 5.04. The van der Waals surface area contributed by atoms with Crippen molar-refractivity contribution in [3.8, 4) is 0 Å². The molecule has 26 heavy (non-hydrogen) atoms. The van der Waals surface area contributed by atoms with E-state index in [1.165, 1.54) is 0 Å². The molecule has 0 amide bonds. The van der Waals surface area contributed by atoms with Crippen LogP contribution >= 0.6 is 11.3 Å². The van der Waals surface area contributed by atoms with Gasteiger partial charge >= 0.3 is 0 Å². The van der Waals surface area contributed by atoms with Gasteiger partial charge in [-0.05, 0) is 37.5 Å². The zero-order chi connectivity index (χ0) is 19.2. The molecule has 0 aliphatic heterocycles. The second-order valence-corrected chi connectivity index (χ2v) is 9.54. The molecular formula is C22H27NO2S. The summed E-state index contributed by atoms with van der Waals surface area (Å²) >= 11 is 1.60. The molecule has 0 N–H and O–H groups in total. The third kappa shape index (κ3) is 3.52. The maximum Gasteiger partial charge on any atom is 0.151 e. The first-order chi connectivity index (χ1) is 12.1. The molecular weight excluding hydrogens is 342 g/mol. The molecule has 1 saturated carbocycles. The Labute approximate surface area is 159 Å². The Morgan fingerprint density at radius 2 is 1.73 bits per heavy atom. The SMILES string of the molecule is Cc1cc(C)c(C2C(=O)CC(Cc3nc(C(C)(C)C)cs3)C2=O)c(C)c1. The molecule has 0 bridgehead atoms. The molecule has 1 aliphatic rings. The summed E-state index contributed by atoms with van der Waals surface area (Å²) in [5.41, 5.74) is 5.22. The summed E-state index contributed by atoms with van der Waals surface area (Å²) in [6.07, 6.45) is 0.909. The Morgan fingerprint density at radius 1 is 1.12 bits per heavy atom. The van der Waals surface area contributed by atoms with Gasteiger partial charge in [0, 0.05) is 29.6 Å². The van der Waals surface area contributed by atoms with Crippen molar-refractivity contribution in [1.82, 2.24) is 4.98 Å². The van der Waals surface area contributed by atoms with E-state index < -0.39 is 5.92 Å². The van der Waals surface area contributed by atoms with Gasteiger partial charge in [-0.1, -0.05) is 38.5 Å². The highest BCUT2D eigenvalue weighted by Crippen LogP contribution is 2.38. The second kappa shape index (κ2) is 6.73. The smallest absolute Gasteiger partial charge is 0.151 e. The van der Waals surface area contributed by atoms with Crippen LogP contribution in [0.2, 0.25) is 0 Å². The Hall–Kier alpha value is -1.81. The van der Waals surface area contributed by atoms with Gasteiger partial charge in [-0.2, -0.15) is 0 Å². The number of ketones is 2. The summed E-state index contributed by atoms with van der Waals surface area (Å²) in [7, 11) is 0. The minimum Gasteiger partial charge on any atom is -0.298 e. The van der Waals surface area contributed by atoms with Crippen molar-refractivity contribution in [2.45, 2.75) is 65.7 Å². The molecule has 138 valence electrons. The predicted molar refractivity (Wildman–Crippen MR) is 106 cm³/mol. The van der Waals surface area contributed by atoms with Gasteiger partial charge in [0.25, 0.3) is 0 Å². The van der Waals surface area contributed by atoms with Gasteiger partial charge < -0.3 is 0 Å². The molecule has 4 heteroatoms. The van der Waals surface area contributed by atoms with Crippen LogP contribution in [0, 0.1) is 26.7 Å².